The maximum atomic E-state index is 12.4. The van der Waals surface area contributed by atoms with E-state index in [9.17, 15) is 9.59 Å². The van der Waals surface area contributed by atoms with Crippen molar-refractivity contribution in [2.24, 2.45) is 5.73 Å². The number of carbonyl (C=O) groups is 2. The third-order valence-corrected chi connectivity index (χ3v) is 5.55. The molecule has 3 aliphatic rings. The van der Waals surface area contributed by atoms with Gasteiger partial charge in [0.1, 0.15) is 6.10 Å². The van der Waals surface area contributed by atoms with E-state index in [-0.39, 0.29) is 12.1 Å². The molecule has 3 unspecified atom stereocenters. The van der Waals surface area contributed by atoms with Gasteiger partial charge in [-0.05, 0) is 58.0 Å². The van der Waals surface area contributed by atoms with Gasteiger partial charge in [0.05, 0.1) is 6.10 Å². The van der Waals surface area contributed by atoms with Crippen LogP contribution < -0.4 is 11.1 Å². The molecule has 0 bridgehead atoms. The summed E-state index contributed by atoms with van der Waals surface area (Å²) in [6.07, 6.45) is 6.78. The quantitative estimate of drug-likeness (QED) is 0.789. The molecule has 0 aromatic rings. The third kappa shape index (κ3) is 4.39. The van der Waals surface area contributed by atoms with Gasteiger partial charge in [-0.15, -0.1) is 0 Å². The topological polar surface area (TPSA) is 87.9 Å². The Morgan fingerprint density at radius 3 is 2.50 bits per heavy atom. The van der Waals surface area contributed by atoms with Crippen LogP contribution in [0.2, 0.25) is 0 Å². The first kappa shape index (κ1) is 17.5. The van der Waals surface area contributed by atoms with Gasteiger partial charge in [-0.1, -0.05) is 0 Å². The summed E-state index contributed by atoms with van der Waals surface area (Å²) in [4.78, 5) is 28.0. The van der Waals surface area contributed by atoms with Crippen LogP contribution in [0.5, 0.6) is 0 Å². The van der Waals surface area contributed by atoms with Crippen molar-refractivity contribution in [2.45, 2.75) is 63.2 Å². The van der Waals surface area contributed by atoms with Crippen LogP contribution in [-0.2, 0) is 9.53 Å². The number of amides is 3. The number of rotatable bonds is 4. The van der Waals surface area contributed by atoms with Crippen molar-refractivity contribution in [1.29, 1.82) is 0 Å². The Balaban J connectivity index is 1.40. The van der Waals surface area contributed by atoms with E-state index in [2.05, 4.69) is 10.2 Å². The Kier molecular flexibility index (Phi) is 5.94. The molecule has 3 amide bonds. The minimum Gasteiger partial charge on any atom is -0.367 e. The fourth-order valence-electron chi connectivity index (χ4n) is 4.13. The maximum Gasteiger partial charge on any atom is 0.317 e. The molecule has 7 nitrogen and oxygen atoms in total. The predicted molar refractivity (Wildman–Crippen MR) is 90.5 cm³/mol. The number of hydrogen-bond acceptors (Lipinski definition) is 4. The number of nitrogens with one attached hydrogen (secondary N) is 1. The number of likely N-dealkylation sites (tertiary alicyclic amines) is 2. The molecule has 24 heavy (non-hydrogen) atoms. The lowest BCUT2D eigenvalue weighted by Crippen LogP contribution is -2.44. The highest BCUT2D eigenvalue weighted by molar-refractivity contribution is 5.79. The molecule has 3 N–H and O–H groups in total. The van der Waals surface area contributed by atoms with E-state index in [1.54, 1.807) is 0 Å². The van der Waals surface area contributed by atoms with E-state index in [0.717, 1.165) is 32.4 Å². The second kappa shape index (κ2) is 8.16. The molecule has 0 aromatic heterocycles. The summed E-state index contributed by atoms with van der Waals surface area (Å²) in [5.74, 6) is -0.413. The molecule has 3 aliphatic heterocycles. The number of primary amides is 1. The lowest BCUT2D eigenvalue weighted by Gasteiger charge is -2.26. The summed E-state index contributed by atoms with van der Waals surface area (Å²) in [5, 5.41) is 2.96. The zero-order valence-electron chi connectivity index (χ0n) is 14.4. The van der Waals surface area contributed by atoms with Gasteiger partial charge in [-0.25, -0.2) is 4.79 Å². The van der Waals surface area contributed by atoms with E-state index in [1.807, 2.05) is 4.90 Å². The van der Waals surface area contributed by atoms with Gasteiger partial charge in [-0.2, -0.15) is 0 Å². The van der Waals surface area contributed by atoms with Crippen LogP contribution in [-0.4, -0.2) is 72.7 Å². The molecular formula is C17H30N4O3. The second-order valence-corrected chi connectivity index (χ2v) is 7.23. The monoisotopic (exact) mass is 338 g/mol. The van der Waals surface area contributed by atoms with Crippen LogP contribution >= 0.6 is 0 Å². The average Bonchev–Trinajstić information content (AvgIpc) is 3.20. The summed E-state index contributed by atoms with van der Waals surface area (Å²) in [5.41, 5.74) is 5.25. The van der Waals surface area contributed by atoms with Crippen molar-refractivity contribution >= 4 is 11.9 Å². The molecule has 0 spiro atoms. The van der Waals surface area contributed by atoms with Gasteiger partial charge >= 0.3 is 6.03 Å². The van der Waals surface area contributed by atoms with E-state index in [0.29, 0.717) is 19.0 Å². The number of carbonyl (C=O) groups excluding carboxylic acids is 2. The van der Waals surface area contributed by atoms with Crippen molar-refractivity contribution in [2.75, 3.05) is 32.7 Å². The first-order valence-electron chi connectivity index (χ1n) is 9.35. The minimum absolute atomic E-state index is 0.0109. The van der Waals surface area contributed by atoms with Gasteiger partial charge in [-0.3, -0.25) is 4.79 Å². The summed E-state index contributed by atoms with van der Waals surface area (Å²) < 4.78 is 5.56. The van der Waals surface area contributed by atoms with Gasteiger partial charge in [0.25, 0.3) is 0 Å². The molecule has 0 aliphatic carbocycles. The van der Waals surface area contributed by atoms with Gasteiger partial charge < -0.3 is 25.6 Å². The van der Waals surface area contributed by atoms with Gasteiger partial charge in [0, 0.05) is 25.7 Å². The number of urea groups is 1. The molecule has 7 heteroatoms. The summed E-state index contributed by atoms with van der Waals surface area (Å²) >= 11 is 0. The van der Waals surface area contributed by atoms with Crippen LogP contribution in [0.1, 0.15) is 44.9 Å². The highest BCUT2D eigenvalue weighted by atomic mass is 16.5. The number of hydrogen-bond donors (Lipinski definition) is 2. The third-order valence-electron chi connectivity index (χ3n) is 5.55. The summed E-state index contributed by atoms with van der Waals surface area (Å²) in [6, 6.07) is 0.628. The van der Waals surface area contributed by atoms with Gasteiger partial charge in [0.2, 0.25) is 5.91 Å². The first-order valence-corrected chi connectivity index (χ1v) is 9.35. The molecule has 3 fully saturated rings. The van der Waals surface area contributed by atoms with E-state index in [4.69, 9.17) is 10.5 Å². The smallest absolute Gasteiger partial charge is 0.317 e. The highest BCUT2D eigenvalue weighted by Gasteiger charge is 2.30. The molecule has 0 radical (unpaired) electrons. The maximum absolute atomic E-state index is 12.4. The first-order chi connectivity index (χ1) is 11.6. The molecule has 3 rings (SSSR count). The molecule has 3 heterocycles. The van der Waals surface area contributed by atoms with E-state index in [1.165, 1.54) is 32.4 Å². The van der Waals surface area contributed by atoms with Crippen molar-refractivity contribution in [3.63, 3.8) is 0 Å². The summed E-state index contributed by atoms with van der Waals surface area (Å²) in [6.45, 7) is 4.54. The van der Waals surface area contributed by atoms with Gasteiger partial charge in [0.15, 0.2) is 0 Å². The number of nitrogens with two attached hydrogens (primary N) is 1. The zero-order chi connectivity index (χ0) is 16.9. The Bertz CT molecular complexity index is 453. The predicted octanol–water partition coefficient (Wildman–Crippen LogP) is 0.679. The summed E-state index contributed by atoms with van der Waals surface area (Å²) in [7, 11) is 0. The zero-order valence-corrected chi connectivity index (χ0v) is 14.4. The normalized spacial score (nSPS) is 31.8. The minimum atomic E-state index is -0.494. The van der Waals surface area contributed by atoms with Crippen LogP contribution in [0.25, 0.3) is 0 Å². The molecule has 136 valence electrons. The number of nitrogens with zero attached hydrogens (tertiary/aromatic N) is 2. The van der Waals surface area contributed by atoms with Crippen molar-refractivity contribution in [1.82, 2.24) is 15.1 Å². The molecular weight excluding hydrogens is 308 g/mol. The lowest BCUT2D eigenvalue weighted by atomic mass is 10.1. The van der Waals surface area contributed by atoms with E-state index >= 15 is 0 Å². The van der Waals surface area contributed by atoms with Crippen molar-refractivity contribution < 1.29 is 14.3 Å². The molecule has 3 saturated heterocycles. The molecule has 0 saturated carbocycles. The molecule has 3 atom stereocenters. The Morgan fingerprint density at radius 2 is 1.79 bits per heavy atom. The average molecular weight is 338 g/mol. The fraction of sp³-hybridized carbons (Fsp3) is 0.882. The van der Waals surface area contributed by atoms with Crippen molar-refractivity contribution in [3.8, 4) is 0 Å². The number of ether oxygens (including phenoxy) is 1. The molecule has 0 aromatic carbocycles. The van der Waals surface area contributed by atoms with Crippen LogP contribution in [0.3, 0.4) is 0 Å². The fourth-order valence-corrected chi connectivity index (χ4v) is 4.13. The van der Waals surface area contributed by atoms with E-state index < -0.39 is 12.0 Å². The largest absolute Gasteiger partial charge is 0.367 e. The second-order valence-electron chi connectivity index (χ2n) is 7.23. The highest BCUT2D eigenvalue weighted by Crippen LogP contribution is 2.22. The SMILES string of the molecule is NC(=O)C1CCC(CNC(=O)N2CCCC(N3CCCC3)CC2)O1. The van der Waals surface area contributed by atoms with Crippen LogP contribution in [0.15, 0.2) is 0 Å². The Morgan fingerprint density at radius 1 is 1.00 bits per heavy atom. The van der Waals surface area contributed by atoms with Crippen molar-refractivity contribution in [3.05, 3.63) is 0 Å². The van der Waals surface area contributed by atoms with Crippen LogP contribution in [0, 0.1) is 0 Å². The standard InChI is InChI=1S/C17H30N4O3/c18-16(22)15-6-5-14(24-15)12-19-17(23)21-10-3-4-13(7-11-21)20-8-1-2-9-20/h13-15H,1-12H2,(H2,18,22)(H,19,23). The Labute approximate surface area is 143 Å². The lowest BCUT2D eigenvalue weighted by molar-refractivity contribution is -0.128. The Hall–Kier alpha value is -1.34. The van der Waals surface area contributed by atoms with Crippen LogP contribution in [0.4, 0.5) is 4.79 Å².